The molecule has 1 fully saturated rings. The number of nitrogens with zero attached hydrogens (tertiary/aromatic N) is 8. The molecule has 2 aromatic carbocycles. The van der Waals surface area contributed by atoms with Crippen LogP contribution in [0.5, 0.6) is 5.75 Å². The summed E-state index contributed by atoms with van der Waals surface area (Å²) in [5, 5.41) is 12.2. The van der Waals surface area contributed by atoms with Crippen molar-refractivity contribution in [1.29, 1.82) is 0 Å². The van der Waals surface area contributed by atoms with Crippen molar-refractivity contribution in [2.75, 3.05) is 62.9 Å². The van der Waals surface area contributed by atoms with Crippen molar-refractivity contribution in [2.45, 2.75) is 70.7 Å². The number of halogens is 1. The molecule has 2 atom stereocenters. The topological polar surface area (TPSA) is 230 Å². The van der Waals surface area contributed by atoms with E-state index in [-0.39, 0.29) is 47.7 Å². The van der Waals surface area contributed by atoms with Gasteiger partial charge in [-0.2, -0.15) is 5.10 Å². The van der Waals surface area contributed by atoms with Crippen LogP contribution in [0.2, 0.25) is 0 Å². The summed E-state index contributed by atoms with van der Waals surface area (Å²) in [7, 11) is 0. The smallest absolute Gasteiger partial charge is 0.269 e. The van der Waals surface area contributed by atoms with Crippen molar-refractivity contribution in [3.8, 4) is 5.75 Å². The van der Waals surface area contributed by atoms with Gasteiger partial charge in [0, 0.05) is 55.3 Å². The van der Waals surface area contributed by atoms with Gasteiger partial charge in [-0.3, -0.25) is 39.7 Å². The number of imidazole rings is 2. The normalized spacial score (nSPS) is 16.9. The summed E-state index contributed by atoms with van der Waals surface area (Å²) < 4.78 is 30.7. The number of hydrogen-bond acceptors (Lipinski definition) is 14. The highest BCUT2D eigenvalue weighted by Gasteiger charge is 2.40. The molecule has 2 unspecified atom stereocenters. The third kappa shape index (κ3) is 9.70. The van der Waals surface area contributed by atoms with E-state index in [1.807, 2.05) is 32.3 Å². The summed E-state index contributed by atoms with van der Waals surface area (Å²) in [5.74, 6) is -1.62. The van der Waals surface area contributed by atoms with Crippen LogP contribution in [-0.2, 0) is 29.0 Å². The number of aryl methyl sites for hydroxylation is 2. The number of primary amides is 2. The Morgan fingerprint density at radius 3 is 2.21 bits per heavy atom. The minimum absolute atomic E-state index is 0.128. The molecule has 21 heteroatoms. The van der Waals surface area contributed by atoms with E-state index >= 15 is 4.39 Å². The first-order valence-corrected chi connectivity index (χ1v) is 22.7. The molecule has 3 aromatic heterocycles. The number of nitrogens with two attached hydrogens (primary N) is 2. The van der Waals surface area contributed by atoms with Crippen LogP contribution in [0.15, 0.2) is 46.4 Å². The average molecular weight is 903 g/mol. The lowest BCUT2D eigenvalue weighted by Crippen LogP contribution is -2.45. The Kier molecular flexibility index (Phi) is 14.1. The Labute approximate surface area is 371 Å². The SMILES string of the molecule is CCc1nc(C)sc1C(=O)Nc1nc2cc(C(N)=O)cc(OCCCN3CCOCC3)c2n1C/C=C/Cn1c(NC(=O)C2C(F)C(C)=NN2CC)nc2cc(C(N)=O)cc(SC)c21. The zero-order valence-electron chi connectivity index (χ0n) is 35.8. The second-order valence-corrected chi connectivity index (χ2v) is 17.0. The fourth-order valence-electron chi connectivity index (χ4n) is 7.68. The molecule has 0 aliphatic carbocycles. The van der Waals surface area contributed by atoms with Crippen LogP contribution >= 0.6 is 23.1 Å². The number of thioether (sulfide) groups is 1. The van der Waals surface area contributed by atoms with Crippen molar-refractivity contribution in [1.82, 2.24) is 34.0 Å². The summed E-state index contributed by atoms with van der Waals surface area (Å²) in [6.45, 7) is 11.9. The third-order valence-corrected chi connectivity index (χ3v) is 12.6. The van der Waals surface area contributed by atoms with Crippen LogP contribution in [0.4, 0.5) is 16.3 Å². The van der Waals surface area contributed by atoms with Crippen molar-refractivity contribution < 1.29 is 33.0 Å². The number of carbonyl (C=O) groups excluding carboxylic acids is 4. The maximum atomic E-state index is 15.3. The van der Waals surface area contributed by atoms with E-state index in [1.165, 1.54) is 35.0 Å². The first-order valence-electron chi connectivity index (χ1n) is 20.7. The molecule has 7 rings (SSSR count). The van der Waals surface area contributed by atoms with Crippen LogP contribution in [0.25, 0.3) is 22.1 Å². The molecule has 0 spiro atoms. The van der Waals surface area contributed by atoms with Crippen molar-refractivity contribution in [2.24, 2.45) is 16.6 Å². The number of likely N-dealkylation sites (N-methyl/N-ethyl adjacent to an activating group) is 1. The quantitative estimate of drug-likeness (QED) is 0.0538. The van der Waals surface area contributed by atoms with Gasteiger partial charge >= 0.3 is 0 Å². The predicted octanol–water partition coefficient (Wildman–Crippen LogP) is 4.60. The number of fused-ring (bicyclic) bond motifs is 2. The van der Waals surface area contributed by atoms with Crippen LogP contribution in [-0.4, -0.2) is 128 Å². The van der Waals surface area contributed by atoms with Gasteiger partial charge in [0.05, 0.1) is 52.8 Å². The second kappa shape index (κ2) is 19.7. The molecule has 0 saturated carbocycles. The largest absolute Gasteiger partial charge is 0.491 e. The number of benzene rings is 2. The molecule has 5 heterocycles. The Bertz CT molecular complexity index is 2620. The first kappa shape index (κ1) is 45.1. The van der Waals surface area contributed by atoms with E-state index in [9.17, 15) is 19.2 Å². The molecular weight excluding hydrogens is 852 g/mol. The van der Waals surface area contributed by atoms with Gasteiger partial charge in [0.2, 0.25) is 23.7 Å². The molecule has 2 aliphatic heterocycles. The highest BCUT2D eigenvalue weighted by molar-refractivity contribution is 7.98. The molecule has 63 heavy (non-hydrogen) atoms. The lowest BCUT2D eigenvalue weighted by atomic mass is 10.1. The van der Waals surface area contributed by atoms with Crippen LogP contribution in [0, 0.1) is 6.92 Å². The molecule has 334 valence electrons. The van der Waals surface area contributed by atoms with Gasteiger partial charge in [0.15, 0.2) is 12.2 Å². The summed E-state index contributed by atoms with van der Waals surface area (Å²) in [6, 6.07) is 5.17. The predicted molar refractivity (Wildman–Crippen MR) is 242 cm³/mol. The number of hydrogen-bond donors (Lipinski definition) is 4. The molecule has 5 aromatic rings. The van der Waals surface area contributed by atoms with Gasteiger partial charge in [0.25, 0.3) is 11.8 Å². The number of ether oxygens (including phenoxy) is 2. The zero-order valence-corrected chi connectivity index (χ0v) is 37.4. The molecule has 6 N–H and O–H groups in total. The van der Waals surface area contributed by atoms with Crippen molar-refractivity contribution >= 4 is 86.4 Å². The van der Waals surface area contributed by atoms with Crippen molar-refractivity contribution in [3.05, 3.63) is 63.1 Å². The summed E-state index contributed by atoms with van der Waals surface area (Å²) in [5.41, 5.74) is 14.7. The second-order valence-electron chi connectivity index (χ2n) is 15.0. The molecule has 4 amide bonds. The Morgan fingerprint density at radius 1 is 0.937 bits per heavy atom. The summed E-state index contributed by atoms with van der Waals surface area (Å²) in [4.78, 5) is 69.9. The minimum Gasteiger partial charge on any atom is -0.491 e. The average Bonchev–Trinajstić information content (AvgIpc) is 4.01. The number of carbonyl (C=O) groups is 4. The number of amides is 4. The number of thiazole rings is 1. The van der Waals surface area contributed by atoms with E-state index in [2.05, 4.69) is 25.6 Å². The number of rotatable bonds is 18. The Hall–Kier alpha value is -5.90. The number of hydrazone groups is 1. The van der Waals surface area contributed by atoms with Gasteiger partial charge in [-0.25, -0.2) is 19.3 Å². The Balaban J connectivity index is 1.24. The fourth-order valence-corrected chi connectivity index (χ4v) is 9.23. The lowest BCUT2D eigenvalue weighted by molar-refractivity contribution is -0.122. The summed E-state index contributed by atoms with van der Waals surface area (Å²) >= 11 is 2.66. The molecular formula is C42H51FN12O6S2. The number of aromatic nitrogens is 5. The molecule has 1 saturated heterocycles. The summed E-state index contributed by atoms with van der Waals surface area (Å²) in [6.07, 6.45) is 5.20. The highest BCUT2D eigenvalue weighted by Crippen LogP contribution is 2.34. The van der Waals surface area contributed by atoms with Gasteiger partial charge in [-0.05, 0) is 64.1 Å². The zero-order chi connectivity index (χ0) is 44.9. The highest BCUT2D eigenvalue weighted by atomic mass is 32.2. The molecule has 2 aliphatic rings. The number of anilines is 2. The van der Waals surface area contributed by atoms with Gasteiger partial charge in [-0.15, -0.1) is 23.1 Å². The van der Waals surface area contributed by atoms with Gasteiger partial charge in [0.1, 0.15) is 16.1 Å². The molecule has 0 bridgehead atoms. The van der Waals surface area contributed by atoms with Crippen LogP contribution < -0.4 is 26.8 Å². The van der Waals surface area contributed by atoms with E-state index in [4.69, 9.17) is 30.9 Å². The minimum atomic E-state index is -1.61. The number of allylic oxidation sites excluding steroid dienone is 2. The number of morpholine rings is 1. The number of alkyl halides is 1. The van der Waals surface area contributed by atoms with E-state index in [0.29, 0.717) is 82.5 Å². The monoisotopic (exact) mass is 902 g/mol. The van der Waals surface area contributed by atoms with Gasteiger partial charge < -0.3 is 30.1 Å². The van der Waals surface area contributed by atoms with Crippen LogP contribution in [0.1, 0.15) is 68.3 Å². The number of nitrogens with one attached hydrogen (secondary N) is 2. The Morgan fingerprint density at radius 2 is 1.57 bits per heavy atom. The fraction of sp³-hybridized carbons (Fsp3) is 0.429. The van der Waals surface area contributed by atoms with Crippen LogP contribution in [0.3, 0.4) is 0 Å². The van der Waals surface area contributed by atoms with E-state index in [0.717, 1.165) is 24.6 Å². The molecule has 0 radical (unpaired) electrons. The van der Waals surface area contributed by atoms with Gasteiger partial charge in [-0.1, -0.05) is 19.1 Å². The maximum Gasteiger partial charge on any atom is 0.269 e. The van der Waals surface area contributed by atoms with E-state index < -0.39 is 29.9 Å². The van der Waals surface area contributed by atoms with E-state index in [1.54, 1.807) is 40.3 Å². The standard InChI is InChI=1S/C42H51FN12O6S2/c1-6-27-36(63-24(4)46-27)40(59)50-42-47-28-19-25(37(44)56)21-30(61-16-10-11-52-14-17-60-18-15-52)33(28)53(42)12-8-9-13-54-34-29(20-26(38(45)57)22-31(34)62-5)48-41(54)49-39(58)35-32(43)23(3)51-55(35)7-2/h8-9,19-22,32,35H,6-7,10-18H2,1-5H3,(H2,44,56)(H2,45,57)(H,47,50,59)(H,48,49,58)/b9-8+. The van der Waals surface area contributed by atoms with Crippen molar-refractivity contribution in [3.63, 3.8) is 0 Å². The maximum absolute atomic E-state index is 15.3. The lowest BCUT2D eigenvalue weighted by Gasteiger charge is -2.26. The third-order valence-electron chi connectivity index (χ3n) is 10.8. The first-order chi connectivity index (χ1) is 30.3. The molecule has 18 nitrogen and oxygen atoms in total.